The highest BCUT2D eigenvalue weighted by molar-refractivity contribution is 8.17. The number of carbonyl (C=O) groups is 1. The highest BCUT2D eigenvalue weighted by Crippen LogP contribution is 2.38. The van der Waals surface area contributed by atoms with E-state index in [1.807, 2.05) is 42.7 Å². The summed E-state index contributed by atoms with van der Waals surface area (Å²) in [6, 6.07) is 21.1. The van der Waals surface area contributed by atoms with Gasteiger partial charge in [-0.15, -0.1) is 0 Å². The van der Waals surface area contributed by atoms with Gasteiger partial charge in [0.1, 0.15) is 12.4 Å². The second-order valence-electron chi connectivity index (χ2n) is 8.28. The lowest BCUT2D eigenvalue weighted by atomic mass is 10.1. The number of rotatable bonds is 8. The Morgan fingerprint density at radius 3 is 2.53 bits per heavy atom. The largest absolute Gasteiger partial charge is 0.490 e. The molecule has 9 nitrogen and oxygen atoms in total. The Morgan fingerprint density at radius 2 is 1.82 bits per heavy atom. The third-order valence-electron chi connectivity index (χ3n) is 5.80. The first kappa shape index (κ1) is 25.0. The van der Waals surface area contributed by atoms with Gasteiger partial charge < -0.3 is 9.47 Å². The van der Waals surface area contributed by atoms with Crippen molar-refractivity contribution in [3.8, 4) is 11.5 Å². The van der Waals surface area contributed by atoms with Crippen molar-refractivity contribution in [1.82, 2.24) is 4.90 Å². The molecule has 0 bridgehead atoms. The zero-order chi connectivity index (χ0) is 26.6. The second-order valence-corrected chi connectivity index (χ2v) is 9.12. The number of non-ortho nitro benzene ring substituents is 1. The van der Waals surface area contributed by atoms with Crippen molar-refractivity contribution in [2.24, 2.45) is 4.99 Å². The summed E-state index contributed by atoms with van der Waals surface area (Å²) < 4.78 is 11.7. The molecule has 0 radical (unpaired) electrons. The summed E-state index contributed by atoms with van der Waals surface area (Å²) in [7, 11) is 0. The predicted octanol–water partition coefficient (Wildman–Crippen LogP) is 5.88. The first-order chi connectivity index (χ1) is 18.4. The molecule has 0 unspecified atom stereocenters. The molecule has 0 spiro atoms. The first-order valence-corrected chi connectivity index (χ1v) is 12.6. The number of amides is 1. The van der Waals surface area contributed by atoms with Crippen LogP contribution in [-0.2, 0) is 11.4 Å². The first-order valence-electron chi connectivity index (χ1n) is 11.7. The zero-order valence-electron chi connectivity index (χ0n) is 20.3. The van der Waals surface area contributed by atoms with E-state index >= 15 is 0 Å². The van der Waals surface area contributed by atoms with Crippen molar-refractivity contribution in [3.05, 3.63) is 111 Å². The monoisotopic (exact) mass is 526 g/mol. The normalized spacial score (nSPS) is 15.7. The third kappa shape index (κ3) is 5.07. The van der Waals surface area contributed by atoms with Gasteiger partial charge in [0, 0.05) is 17.5 Å². The van der Waals surface area contributed by atoms with Crippen molar-refractivity contribution in [3.63, 3.8) is 0 Å². The van der Waals surface area contributed by atoms with Gasteiger partial charge in [-0.2, -0.15) is 4.99 Å². The molecule has 2 heterocycles. The van der Waals surface area contributed by atoms with E-state index in [1.54, 1.807) is 41.3 Å². The lowest BCUT2D eigenvalue weighted by Gasteiger charge is -2.27. The number of nitrogens with one attached hydrogen (secondary N) is 1. The van der Waals surface area contributed by atoms with Crippen LogP contribution in [0.5, 0.6) is 11.5 Å². The molecule has 1 N–H and O–H groups in total. The van der Waals surface area contributed by atoms with Gasteiger partial charge in [0.2, 0.25) is 0 Å². The molecule has 0 fully saturated rings. The van der Waals surface area contributed by atoms with E-state index in [0.717, 1.165) is 16.8 Å². The number of carbonyl (C=O) groups excluding carboxylic acids is 1. The number of ether oxygens (including phenoxy) is 2. The van der Waals surface area contributed by atoms with Gasteiger partial charge in [-0.05, 0) is 54.0 Å². The molecule has 0 saturated carbocycles. The van der Waals surface area contributed by atoms with Gasteiger partial charge in [-0.1, -0.05) is 48.2 Å². The summed E-state index contributed by atoms with van der Waals surface area (Å²) in [5.74, 6) is 0.539. The van der Waals surface area contributed by atoms with E-state index in [2.05, 4.69) is 4.99 Å². The summed E-state index contributed by atoms with van der Waals surface area (Å²) in [4.78, 5) is 29.1. The number of hydrogen-bond acceptors (Lipinski definition) is 7. The van der Waals surface area contributed by atoms with Gasteiger partial charge in [0.15, 0.2) is 16.7 Å². The molecular formula is C28H22N4O5S. The highest BCUT2D eigenvalue weighted by Gasteiger charge is 2.36. The SMILES string of the molecule is CCOc1cc(C=C2C(=N)N3C(c4ccccc4)=CSC3=NC2=O)ccc1OCc1ccc([N+](=O)[O-])cc1. The standard InChI is InChI=1S/C28H22N4O5S/c1-2-36-25-15-19(10-13-24(25)37-16-18-8-11-21(12-9-18)32(34)35)14-22-26(29)31-23(20-6-4-3-5-7-20)17-38-28(31)30-27(22)33/h3-15,17,29H,2,16H2,1H3. The van der Waals surface area contributed by atoms with Crippen LogP contribution in [-0.4, -0.2) is 33.3 Å². The van der Waals surface area contributed by atoms with Gasteiger partial charge >= 0.3 is 0 Å². The topological polar surface area (TPSA) is 118 Å². The minimum atomic E-state index is -0.479. The number of hydrogen-bond donors (Lipinski definition) is 1. The summed E-state index contributed by atoms with van der Waals surface area (Å²) >= 11 is 1.32. The Bertz CT molecular complexity index is 1510. The Labute approximate surface area is 222 Å². The number of thioether (sulfide) groups is 1. The number of nitro groups is 1. The number of aliphatic imine (C=N–C) groups is 1. The second kappa shape index (κ2) is 10.7. The van der Waals surface area contributed by atoms with Crippen LogP contribution < -0.4 is 9.47 Å². The molecule has 5 rings (SSSR count). The van der Waals surface area contributed by atoms with Crippen molar-refractivity contribution in [2.75, 3.05) is 6.61 Å². The minimum Gasteiger partial charge on any atom is -0.490 e. The van der Waals surface area contributed by atoms with E-state index in [4.69, 9.17) is 14.9 Å². The van der Waals surface area contributed by atoms with E-state index in [-0.39, 0.29) is 23.7 Å². The zero-order valence-corrected chi connectivity index (χ0v) is 21.1. The maximum atomic E-state index is 12.8. The number of nitrogens with zero attached hydrogens (tertiary/aromatic N) is 3. The average Bonchev–Trinajstić information content (AvgIpc) is 3.35. The van der Waals surface area contributed by atoms with E-state index in [9.17, 15) is 14.9 Å². The number of fused-ring (bicyclic) bond motifs is 1. The molecular weight excluding hydrogens is 504 g/mol. The van der Waals surface area contributed by atoms with Crippen molar-refractivity contribution in [1.29, 1.82) is 5.41 Å². The molecule has 0 aromatic heterocycles. The van der Waals surface area contributed by atoms with Crippen LogP contribution in [0.15, 0.2) is 88.8 Å². The van der Waals surface area contributed by atoms with Crippen molar-refractivity contribution >= 4 is 46.1 Å². The number of amidine groups is 2. The molecule has 3 aromatic rings. The third-order valence-corrected chi connectivity index (χ3v) is 6.63. The Hall–Kier alpha value is -4.70. The molecule has 190 valence electrons. The lowest BCUT2D eigenvalue weighted by molar-refractivity contribution is -0.384. The van der Waals surface area contributed by atoms with Gasteiger partial charge in [-0.25, -0.2) is 0 Å². The van der Waals surface area contributed by atoms with Crippen LogP contribution >= 0.6 is 11.8 Å². The van der Waals surface area contributed by atoms with Crippen molar-refractivity contribution < 1.29 is 19.2 Å². The maximum absolute atomic E-state index is 12.8. The molecule has 3 aromatic carbocycles. The Balaban J connectivity index is 1.38. The fourth-order valence-corrected chi connectivity index (χ4v) is 4.85. The van der Waals surface area contributed by atoms with E-state index in [0.29, 0.717) is 28.8 Å². The molecule has 0 saturated heterocycles. The van der Waals surface area contributed by atoms with Gasteiger partial charge in [0.05, 0.1) is 22.8 Å². The summed E-state index contributed by atoms with van der Waals surface area (Å²) in [5, 5.41) is 22.0. The highest BCUT2D eigenvalue weighted by atomic mass is 32.2. The van der Waals surface area contributed by atoms with Crippen LogP contribution in [0, 0.1) is 15.5 Å². The summed E-state index contributed by atoms with van der Waals surface area (Å²) in [5.41, 5.74) is 3.32. The summed E-state index contributed by atoms with van der Waals surface area (Å²) in [6.45, 7) is 2.44. The molecule has 1 amide bonds. The maximum Gasteiger partial charge on any atom is 0.283 e. The number of benzene rings is 3. The van der Waals surface area contributed by atoms with Crippen LogP contribution in [0.2, 0.25) is 0 Å². The Kier molecular flexibility index (Phi) is 7.05. The molecule has 0 atom stereocenters. The molecule has 10 heteroatoms. The molecule has 0 aliphatic carbocycles. The molecule has 2 aliphatic rings. The van der Waals surface area contributed by atoms with E-state index in [1.165, 1.54) is 23.9 Å². The quantitative estimate of drug-likeness (QED) is 0.221. The van der Waals surface area contributed by atoms with Gasteiger partial charge in [-0.3, -0.25) is 25.2 Å². The van der Waals surface area contributed by atoms with Crippen molar-refractivity contribution in [2.45, 2.75) is 13.5 Å². The fourth-order valence-electron chi connectivity index (χ4n) is 3.96. The number of nitro benzene ring substituents is 1. The smallest absolute Gasteiger partial charge is 0.283 e. The van der Waals surface area contributed by atoms with Gasteiger partial charge in [0.25, 0.3) is 11.6 Å². The van der Waals surface area contributed by atoms with Crippen LogP contribution in [0.3, 0.4) is 0 Å². The minimum absolute atomic E-state index is 0.0133. The molecule has 38 heavy (non-hydrogen) atoms. The van der Waals surface area contributed by atoms with E-state index < -0.39 is 10.8 Å². The average molecular weight is 527 g/mol. The van der Waals surface area contributed by atoms with Crippen LogP contribution in [0.4, 0.5) is 5.69 Å². The van der Waals surface area contributed by atoms with Crippen LogP contribution in [0.1, 0.15) is 23.6 Å². The fraction of sp³-hybridized carbons (Fsp3) is 0.107. The van der Waals surface area contributed by atoms with Crippen LogP contribution in [0.25, 0.3) is 11.8 Å². The lowest BCUT2D eigenvalue weighted by Crippen LogP contribution is -2.38. The Morgan fingerprint density at radius 1 is 1.05 bits per heavy atom. The molecule has 2 aliphatic heterocycles. The predicted molar refractivity (Wildman–Crippen MR) is 147 cm³/mol. The summed E-state index contributed by atoms with van der Waals surface area (Å²) in [6.07, 6.45) is 1.62.